The summed E-state index contributed by atoms with van der Waals surface area (Å²) < 4.78 is 6.26. The molecule has 0 spiro atoms. The van der Waals surface area contributed by atoms with Gasteiger partial charge in [-0.3, -0.25) is 0 Å². The van der Waals surface area contributed by atoms with Crippen molar-refractivity contribution in [1.29, 1.82) is 0 Å². The summed E-state index contributed by atoms with van der Waals surface area (Å²) in [4.78, 5) is 13.9. The van der Waals surface area contributed by atoms with Gasteiger partial charge in [0, 0.05) is 13.8 Å². The van der Waals surface area contributed by atoms with Gasteiger partial charge in [0.2, 0.25) is 0 Å². The van der Waals surface area contributed by atoms with Crippen molar-refractivity contribution >= 4 is 18.9 Å². The highest BCUT2D eigenvalue weighted by Crippen LogP contribution is 2.54. The van der Waals surface area contributed by atoms with Crippen molar-refractivity contribution in [2.45, 2.75) is 51.6 Å². The van der Waals surface area contributed by atoms with Gasteiger partial charge < -0.3 is 4.74 Å². The first kappa shape index (κ1) is 23.3. The lowest BCUT2D eigenvalue weighted by atomic mass is 9.77. The Kier molecular flexibility index (Phi) is 6.89. The molecule has 3 aromatic rings. The third-order valence-electron chi connectivity index (χ3n) is 7.89. The Balaban J connectivity index is 1.43. The molecule has 0 N–H and O–H groups in total. The molecule has 0 heterocycles. The topological polar surface area (TPSA) is 26.3 Å². The summed E-state index contributed by atoms with van der Waals surface area (Å²) in [6.07, 6.45) is 3.60. The molecule has 2 nitrogen and oxygen atoms in total. The highest BCUT2D eigenvalue weighted by atomic mass is 31.1. The van der Waals surface area contributed by atoms with Crippen molar-refractivity contribution in [3.63, 3.8) is 0 Å². The standard InChI is InChI=1S/C31H35O2P/c1-21(2)24-18-17-22(3)19-30(24)34(23-11-5-4-6-12-23)31(32)33-20-29-27-15-9-7-13-25(27)26-14-8-10-16-28(26)29/h4-16,21-22,24,29-30H,17-20H2,1-3H3/t22-,24+,30-,34?/m1/s1. The van der Waals surface area contributed by atoms with Crippen molar-refractivity contribution in [2.75, 3.05) is 6.61 Å². The van der Waals surface area contributed by atoms with Crippen molar-refractivity contribution in [1.82, 2.24) is 0 Å². The molecule has 0 aromatic heterocycles. The average molecular weight is 471 g/mol. The van der Waals surface area contributed by atoms with E-state index in [-0.39, 0.29) is 11.6 Å². The first-order valence-electron chi connectivity index (χ1n) is 12.7. The van der Waals surface area contributed by atoms with E-state index in [1.165, 1.54) is 40.4 Å². The number of carbonyl (C=O) groups excluding carboxylic acids is 1. The number of benzene rings is 3. The van der Waals surface area contributed by atoms with Crippen LogP contribution < -0.4 is 5.30 Å². The summed E-state index contributed by atoms with van der Waals surface area (Å²) in [5.41, 5.74) is 5.47. The second kappa shape index (κ2) is 10.0. The molecule has 1 unspecified atom stereocenters. The zero-order valence-electron chi connectivity index (χ0n) is 20.5. The molecule has 0 amide bonds. The molecule has 0 radical (unpaired) electrons. The van der Waals surface area contributed by atoms with E-state index in [2.05, 4.69) is 93.6 Å². The van der Waals surface area contributed by atoms with Gasteiger partial charge >= 0.3 is 5.71 Å². The summed E-state index contributed by atoms with van der Waals surface area (Å²) in [7, 11) is -1.05. The molecule has 2 aliphatic carbocycles. The Bertz CT molecular complexity index is 1090. The number of ether oxygens (including phenoxy) is 1. The van der Waals surface area contributed by atoms with E-state index in [9.17, 15) is 4.79 Å². The minimum atomic E-state index is -1.05. The monoisotopic (exact) mass is 470 g/mol. The minimum Gasteiger partial charge on any atom is -0.461 e. The predicted octanol–water partition coefficient (Wildman–Crippen LogP) is 8.20. The molecule has 4 atom stereocenters. The Hall–Kier alpha value is -2.44. The number of fused-ring (bicyclic) bond motifs is 3. The van der Waals surface area contributed by atoms with E-state index < -0.39 is 7.92 Å². The normalized spacial score (nSPS) is 22.8. The second-order valence-electron chi connectivity index (χ2n) is 10.4. The van der Waals surface area contributed by atoms with Gasteiger partial charge in [0.05, 0.1) is 0 Å². The van der Waals surface area contributed by atoms with Gasteiger partial charge in [-0.2, -0.15) is 0 Å². The van der Waals surface area contributed by atoms with E-state index in [4.69, 9.17) is 4.74 Å². The molecule has 2 aliphatic rings. The Morgan fingerprint density at radius 3 is 2.09 bits per heavy atom. The number of hydrogen-bond acceptors (Lipinski definition) is 2. The van der Waals surface area contributed by atoms with Crippen LogP contribution in [0.5, 0.6) is 0 Å². The van der Waals surface area contributed by atoms with Crippen LogP contribution in [0, 0.1) is 17.8 Å². The van der Waals surface area contributed by atoms with Crippen LogP contribution in [0.3, 0.4) is 0 Å². The Labute approximate surface area is 205 Å². The van der Waals surface area contributed by atoms with Crippen LogP contribution in [0.2, 0.25) is 0 Å². The lowest BCUT2D eigenvalue weighted by Crippen LogP contribution is -2.35. The lowest BCUT2D eigenvalue weighted by Gasteiger charge is -2.41. The summed E-state index contributed by atoms with van der Waals surface area (Å²) in [5, 5.41) is 1.17. The molecule has 34 heavy (non-hydrogen) atoms. The predicted molar refractivity (Wildman–Crippen MR) is 143 cm³/mol. The third kappa shape index (κ3) is 4.46. The van der Waals surface area contributed by atoms with Crippen LogP contribution in [0.25, 0.3) is 11.1 Å². The molecule has 176 valence electrons. The smallest absolute Gasteiger partial charge is 0.331 e. The van der Waals surface area contributed by atoms with Gasteiger partial charge in [0.15, 0.2) is 0 Å². The van der Waals surface area contributed by atoms with Crippen LogP contribution >= 0.6 is 7.92 Å². The van der Waals surface area contributed by atoms with E-state index >= 15 is 0 Å². The molecule has 3 aromatic carbocycles. The maximum atomic E-state index is 13.9. The fraction of sp³-hybridized carbons (Fsp3) is 0.387. The van der Waals surface area contributed by atoms with E-state index in [0.29, 0.717) is 30.0 Å². The molecule has 5 rings (SSSR count). The van der Waals surface area contributed by atoms with Crippen LogP contribution in [-0.2, 0) is 4.74 Å². The zero-order chi connectivity index (χ0) is 23.7. The summed E-state index contributed by atoms with van der Waals surface area (Å²) in [5.74, 6) is 1.92. The van der Waals surface area contributed by atoms with E-state index in [1.54, 1.807) is 0 Å². The van der Waals surface area contributed by atoms with Gasteiger partial charge in [-0.05, 0) is 63.8 Å². The fourth-order valence-electron chi connectivity index (χ4n) is 6.13. The van der Waals surface area contributed by atoms with E-state index in [0.717, 1.165) is 6.42 Å². The molecular formula is C31H35O2P. The minimum absolute atomic E-state index is 0.00723. The van der Waals surface area contributed by atoms with Gasteiger partial charge in [0.1, 0.15) is 6.61 Å². The first-order valence-corrected chi connectivity index (χ1v) is 14.1. The molecule has 1 saturated carbocycles. The number of carbonyl (C=O) groups is 1. The molecule has 0 bridgehead atoms. The lowest BCUT2D eigenvalue weighted by molar-refractivity contribution is 0.168. The second-order valence-corrected chi connectivity index (χ2v) is 12.7. The van der Waals surface area contributed by atoms with Gasteiger partial charge in [0.25, 0.3) is 0 Å². The summed E-state index contributed by atoms with van der Waals surface area (Å²) >= 11 is 0. The summed E-state index contributed by atoms with van der Waals surface area (Å²) in [6, 6.07) is 27.6. The molecular weight excluding hydrogens is 435 g/mol. The first-order chi connectivity index (χ1) is 16.5. The third-order valence-corrected chi connectivity index (χ3v) is 10.5. The SMILES string of the molecule is CC(C)[C@@H]1CC[C@@H](C)C[C@H]1P(C(=O)OCC1c2ccccc2-c2ccccc21)c1ccccc1. The van der Waals surface area contributed by atoms with Gasteiger partial charge in [-0.1, -0.05) is 106 Å². The number of rotatable bonds is 6. The largest absolute Gasteiger partial charge is 0.461 e. The van der Waals surface area contributed by atoms with Crippen LogP contribution in [-0.4, -0.2) is 18.0 Å². The molecule has 3 heteroatoms. The zero-order valence-corrected chi connectivity index (χ0v) is 21.4. The van der Waals surface area contributed by atoms with Gasteiger partial charge in [-0.25, -0.2) is 4.79 Å². The molecule has 0 aliphatic heterocycles. The van der Waals surface area contributed by atoms with Crippen molar-refractivity contribution < 1.29 is 9.53 Å². The van der Waals surface area contributed by atoms with E-state index in [1.807, 2.05) is 6.07 Å². The highest BCUT2D eigenvalue weighted by molar-refractivity contribution is 7.81. The van der Waals surface area contributed by atoms with Crippen molar-refractivity contribution in [3.8, 4) is 11.1 Å². The van der Waals surface area contributed by atoms with Crippen LogP contribution in [0.1, 0.15) is 57.1 Å². The quantitative estimate of drug-likeness (QED) is 0.339. The maximum absolute atomic E-state index is 13.9. The molecule has 1 fully saturated rings. The maximum Gasteiger partial charge on any atom is 0.331 e. The van der Waals surface area contributed by atoms with Crippen molar-refractivity contribution in [3.05, 3.63) is 90.0 Å². The summed E-state index contributed by atoms with van der Waals surface area (Å²) in [6.45, 7) is 7.40. The fourth-order valence-corrected chi connectivity index (χ4v) is 9.15. The van der Waals surface area contributed by atoms with Gasteiger partial charge in [-0.15, -0.1) is 0 Å². The number of hydrogen-bond donors (Lipinski definition) is 0. The Morgan fingerprint density at radius 1 is 0.882 bits per heavy atom. The van der Waals surface area contributed by atoms with Crippen molar-refractivity contribution in [2.24, 2.45) is 17.8 Å². The average Bonchev–Trinajstić information content (AvgIpc) is 3.17. The molecule has 0 saturated heterocycles. The highest BCUT2D eigenvalue weighted by Gasteiger charge is 2.41. The Morgan fingerprint density at radius 2 is 1.47 bits per heavy atom. The van der Waals surface area contributed by atoms with Crippen LogP contribution in [0.4, 0.5) is 4.79 Å². The van der Waals surface area contributed by atoms with Crippen LogP contribution in [0.15, 0.2) is 78.9 Å².